The van der Waals surface area contributed by atoms with Crippen LogP contribution in [-0.4, -0.2) is 54.9 Å². The molecule has 2 aliphatic heterocycles. The average Bonchev–Trinajstić information content (AvgIpc) is 2.96. The smallest absolute Gasteiger partial charge is 0.345 e. The number of esters is 1. The van der Waals surface area contributed by atoms with Crippen LogP contribution in [0.1, 0.15) is 20.8 Å². The number of quaternary nitrogens is 1. The maximum Gasteiger partial charge on any atom is 0.345 e. The summed E-state index contributed by atoms with van der Waals surface area (Å²) >= 11 is 0. The Hall–Kier alpha value is -2.80. The molecule has 1 aromatic rings. The van der Waals surface area contributed by atoms with Crippen molar-refractivity contribution in [3.8, 4) is 0 Å². The standard InChI is InChI=1S/C22H26N2O5/c1-14-13-16(24-11-9-23(10-12-24)15-7-5-4-6-8-15)17(19(14)25)18-20(26)28-22(2,3)29-21(18)27/h4-8,13,16-17,26H,9-12H2,1-3H3/p+1/t16-,17+/m1/s1. The molecular formula is C22H27N2O5+. The van der Waals surface area contributed by atoms with E-state index in [0.717, 1.165) is 26.2 Å². The number of aliphatic hydroxyl groups excluding tert-OH is 1. The number of benzene rings is 1. The van der Waals surface area contributed by atoms with Gasteiger partial charge in [-0.25, -0.2) is 4.79 Å². The van der Waals surface area contributed by atoms with Gasteiger partial charge in [-0.15, -0.1) is 0 Å². The Morgan fingerprint density at radius 3 is 2.38 bits per heavy atom. The number of carbonyl (C=O) groups is 2. The van der Waals surface area contributed by atoms with Gasteiger partial charge in [0.05, 0.1) is 26.2 Å². The Kier molecular flexibility index (Phi) is 4.86. The van der Waals surface area contributed by atoms with Crippen LogP contribution in [0.25, 0.3) is 0 Å². The summed E-state index contributed by atoms with van der Waals surface area (Å²) < 4.78 is 10.7. The number of anilines is 1. The zero-order valence-corrected chi connectivity index (χ0v) is 17.0. The SMILES string of the molecule is CC1=C[C@@H]([NH+]2CCN(c3ccccc3)CC2)[C@@H](C2=C(O)OC(C)(C)OC2=O)C1=O. The van der Waals surface area contributed by atoms with Gasteiger partial charge in [0.25, 0.3) is 11.7 Å². The Bertz CT molecular complexity index is 882. The molecule has 2 atom stereocenters. The molecule has 1 aromatic carbocycles. The summed E-state index contributed by atoms with van der Waals surface area (Å²) in [5, 5.41) is 10.4. The maximum absolute atomic E-state index is 12.9. The first-order valence-electron chi connectivity index (χ1n) is 9.99. The lowest BCUT2D eigenvalue weighted by atomic mass is 9.89. The van der Waals surface area contributed by atoms with Crippen molar-refractivity contribution in [3.63, 3.8) is 0 Å². The molecule has 7 heteroatoms. The van der Waals surface area contributed by atoms with Crippen molar-refractivity contribution >= 4 is 17.4 Å². The van der Waals surface area contributed by atoms with Crippen LogP contribution < -0.4 is 9.80 Å². The van der Waals surface area contributed by atoms with Crippen molar-refractivity contribution in [1.82, 2.24) is 0 Å². The second-order valence-electron chi connectivity index (χ2n) is 8.31. The topological polar surface area (TPSA) is 80.5 Å². The highest BCUT2D eigenvalue weighted by molar-refractivity contribution is 6.07. The third-order valence-electron chi connectivity index (χ3n) is 5.90. The van der Waals surface area contributed by atoms with Crippen LogP contribution in [0.4, 0.5) is 5.69 Å². The molecule has 7 nitrogen and oxygen atoms in total. The van der Waals surface area contributed by atoms with Crippen LogP contribution in [0.15, 0.2) is 53.5 Å². The van der Waals surface area contributed by atoms with Crippen molar-refractivity contribution in [2.75, 3.05) is 31.1 Å². The van der Waals surface area contributed by atoms with Crippen LogP contribution in [0.3, 0.4) is 0 Å². The van der Waals surface area contributed by atoms with Crippen molar-refractivity contribution in [1.29, 1.82) is 0 Å². The van der Waals surface area contributed by atoms with Crippen molar-refractivity contribution in [2.45, 2.75) is 32.6 Å². The van der Waals surface area contributed by atoms with Crippen LogP contribution in [-0.2, 0) is 19.1 Å². The predicted octanol–water partition coefficient (Wildman–Crippen LogP) is 0.984. The molecule has 29 heavy (non-hydrogen) atoms. The highest BCUT2D eigenvalue weighted by atomic mass is 16.8. The van der Waals surface area contributed by atoms with Gasteiger partial charge in [0.1, 0.15) is 17.5 Å². The molecule has 0 unspecified atom stereocenters. The van der Waals surface area contributed by atoms with Crippen LogP contribution in [0.2, 0.25) is 0 Å². The third-order valence-corrected chi connectivity index (χ3v) is 5.90. The summed E-state index contributed by atoms with van der Waals surface area (Å²) in [6.45, 7) is 8.19. The second kappa shape index (κ2) is 7.22. The molecule has 2 heterocycles. The number of carbonyl (C=O) groups excluding carboxylic acids is 2. The number of ketones is 1. The first-order valence-corrected chi connectivity index (χ1v) is 9.99. The lowest BCUT2D eigenvalue weighted by Gasteiger charge is -2.38. The third kappa shape index (κ3) is 3.62. The van der Waals surface area contributed by atoms with E-state index in [1.165, 1.54) is 10.6 Å². The number of allylic oxidation sites excluding steroid dienone is 1. The largest absolute Gasteiger partial charge is 0.480 e. The van der Waals surface area contributed by atoms with E-state index < -0.39 is 23.6 Å². The average molecular weight is 399 g/mol. The van der Waals surface area contributed by atoms with Crippen molar-refractivity contribution < 1.29 is 29.1 Å². The molecule has 2 N–H and O–H groups in total. The fourth-order valence-electron chi connectivity index (χ4n) is 4.48. The van der Waals surface area contributed by atoms with Gasteiger partial charge in [0.2, 0.25) is 0 Å². The fourth-order valence-corrected chi connectivity index (χ4v) is 4.48. The zero-order valence-electron chi connectivity index (χ0n) is 17.0. The summed E-state index contributed by atoms with van der Waals surface area (Å²) in [5.74, 6) is -3.38. The molecule has 0 saturated carbocycles. The molecule has 0 bridgehead atoms. The van der Waals surface area contributed by atoms with Crippen LogP contribution in [0.5, 0.6) is 0 Å². The van der Waals surface area contributed by atoms with Gasteiger partial charge < -0.3 is 24.4 Å². The molecule has 1 fully saturated rings. The molecular weight excluding hydrogens is 372 g/mol. The minimum Gasteiger partial charge on any atom is -0.480 e. The normalized spacial score (nSPS) is 27.6. The van der Waals surface area contributed by atoms with E-state index in [1.807, 2.05) is 24.3 Å². The number of Topliss-reactive ketones (excluding diaryl/α,β-unsaturated/α-hetero) is 1. The van der Waals surface area contributed by atoms with Gasteiger partial charge in [-0.2, -0.15) is 0 Å². The summed E-state index contributed by atoms with van der Waals surface area (Å²) in [7, 11) is 0. The highest BCUT2D eigenvalue weighted by Gasteiger charge is 2.51. The van der Waals surface area contributed by atoms with Gasteiger partial charge in [-0.1, -0.05) is 18.2 Å². The van der Waals surface area contributed by atoms with Crippen LogP contribution in [0, 0.1) is 5.92 Å². The zero-order chi connectivity index (χ0) is 20.8. The number of aliphatic hydroxyl groups is 1. The molecule has 1 aliphatic carbocycles. The minimum absolute atomic E-state index is 0.0644. The lowest BCUT2D eigenvalue weighted by molar-refractivity contribution is -0.920. The van der Waals surface area contributed by atoms with Gasteiger partial charge >= 0.3 is 5.97 Å². The van der Waals surface area contributed by atoms with Crippen molar-refractivity contribution in [2.24, 2.45) is 5.92 Å². The Morgan fingerprint density at radius 2 is 1.76 bits per heavy atom. The molecule has 154 valence electrons. The molecule has 0 radical (unpaired) electrons. The number of ether oxygens (including phenoxy) is 2. The molecule has 1 saturated heterocycles. The van der Waals surface area contributed by atoms with E-state index in [-0.39, 0.29) is 17.4 Å². The Balaban J connectivity index is 1.55. The summed E-state index contributed by atoms with van der Waals surface area (Å²) in [4.78, 5) is 29.0. The lowest BCUT2D eigenvalue weighted by Crippen LogP contribution is -3.18. The molecule has 0 spiro atoms. The molecule has 4 rings (SSSR count). The quantitative estimate of drug-likeness (QED) is 0.738. The predicted molar refractivity (Wildman–Crippen MR) is 106 cm³/mol. The Morgan fingerprint density at radius 1 is 1.10 bits per heavy atom. The summed E-state index contributed by atoms with van der Waals surface area (Å²) in [5.41, 5.74) is 1.73. The number of hydrogen-bond donors (Lipinski definition) is 2. The van der Waals surface area contributed by atoms with E-state index in [9.17, 15) is 14.7 Å². The van der Waals surface area contributed by atoms with E-state index in [1.54, 1.807) is 20.8 Å². The number of nitrogens with zero attached hydrogens (tertiary/aromatic N) is 1. The Labute approximate surface area is 170 Å². The fraction of sp³-hybridized carbons (Fsp3) is 0.455. The van der Waals surface area contributed by atoms with Gasteiger partial charge in [-0.3, -0.25) is 4.79 Å². The van der Waals surface area contributed by atoms with E-state index in [2.05, 4.69) is 17.0 Å². The van der Waals surface area contributed by atoms with E-state index in [4.69, 9.17) is 9.47 Å². The number of hydrogen-bond acceptors (Lipinski definition) is 6. The minimum atomic E-state index is -1.25. The number of para-hydroxylation sites is 1. The van der Waals surface area contributed by atoms with Crippen molar-refractivity contribution in [3.05, 3.63) is 53.5 Å². The number of nitrogens with one attached hydrogen (secondary N) is 1. The monoisotopic (exact) mass is 399 g/mol. The first kappa shape index (κ1) is 19.5. The number of cyclic esters (lactones) is 1. The first-order chi connectivity index (χ1) is 13.8. The van der Waals surface area contributed by atoms with Crippen LogP contribution >= 0.6 is 0 Å². The second-order valence-corrected chi connectivity index (χ2v) is 8.31. The van der Waals surface area contributed by atoms with E-state index in [0.29, 0.717) is 5.57 Å². The maximum atomic E-state index is 12.9. The molecule has 0 aromatic heterocycles. The number of piperazine rings is 1. The summed E-state index contributed by atoms with van der Waals surface area (Å²) in [6.07, 6.45) is 1.92. The van der Waals surface area contributed by atoms with Gasteiger partial charge in [0, 0.05) is 19.5 Å². The molecule has 0 amide bonds. The number of rotatable bonds is 3. The molecule has 3 aliphatic rings. The highest BCUT2D eigenvalue weighted by Crippen LogP contribution is 2.35. The van der Waals surface area contributed by atoms with E-state index >= 15 is 0 Å². The van der Waals surface area contributed by atoms with Gasteiger partial charge in [0.15, 0.2) is 5.78 Å². The van der Waals surface area contributed by atoms with Gasteiger partial charge in [-0.05, 0) is 30.7 Å². The summed E-state index contributed by atoms with van der Waals surface area (Å²) in [6, 6.07) is 10.0.